The van der Waals surface area contributed by atoms with E-state index in [4.69, 9.17) is 0 Å². The predicted octanol–water partition coefficient (Wildman–Crippen LogP) is 3.52. The van der Waals surface area contributed by atoms with Gasteiger partial charge in [-0.1, -0.05) is 36.4 Å². The smallest absolute Gasteiger partial charge is 0.178 e. The second-order valence-electron chi connectivity index (χ2n) is 6.14. The van der Waals surface area contributed by atoms with Crippen molar-refractivity contribution in [1.82, 2.24) is 9.88 Å². The Morgan fingerprint density at radius 1 is 1.27 bits per heavy atom. The van der Waals surface area contributed by atoms with Gasteiger partial charge in [0.05, 0.1) is 0 Å². The number of rotatable bonds is 3. The van der Waals surface area contributed by atoms with Crippen molar-refractivity contribution in [2.45, 2.75) is 24.8 Å². The normalized spacial score (nSPS) is 19.5. The molecule has 1 saturated heterocycles. The van der Waals surface area contributed by atoms with Crippen LogP contribution in [-0.4, -0.2) is 29.3 Å². The third-order valence-corrected chi connectivity index (χ3v) is 5.79. The monoisotopic (exact) mass is 310 g/mol. The highest BCUT2D eigenvalue weighted by Crippen LogP contribution is 2.43. The Kier molecular flexibility index (Phi) is 3.43. The molecule has 0 amide bonds. The molecular formula is C18H18N2OS. The Labute approximate surface area is 134 Å². The molecule has 0 unspecified atom stereocenters. The first-order valence-electron chi connectivity index (χ1n) is 7.70. The van der Waals surface area contributed by atoms with Crippen molar-refractivity contribution in [2.24, 2.45) is 0 Å². The van der Waals surface area contributed by atoms with Crippen molar-refractivity contribution in [2.75, 3.05) is 13.1 Å². The molecule has 1 aliphatic heterocycles. The van der Waals surface area contributed by atoms with Gasteiger partial charge >= 0.3 is 0 Å². The number of benzene rings is 1. The lowest BCUT2D eigenvalue weighted by molar-refractivity contribution is 0.112. The van der Waals surface area contributed by atoms with Gasteiger partial charge in [0.1, 0.15) is 0 Å². The second kappa shape index (κ2) is 5.45. The van der Waals surface area contributed by atoms with Gasteiger partial charge in [-0.3, -0.25) is 9.69 Å². The molecule has 0 saturated carbocycles. The lowest BCUT2D eigenvalue weighted by Gasteiger charge is -2.39. The maximum Gasteiger partial charge on any atom is 0.178 e. The maximum atomic E-state index is 10.7. The van der Waals surface area contributed by atoms with E-state index in [9.17, 15) is 4.79 Å². The standard InChI is InChI=1S/C18H18N2OS/c21-13-17-19-11-15(22-17)12-20-9-7-18(8-10-20)6-5-14-3-1-2-4-16(14)18/h1-6,11,13H,7-10,12H2. The summed E-state index contributed by atoms with van der Waals surface area (Å²) in [6.45, 7) is 3.09. The average Bonchev–Trinajstić information content (AvgIpc) is 3.16. The number of thiazole rings is 1. The Balaban J connectivity index is 1.45. The molecule has 1 aromatic heterocycles. The molecule has 3 nitrogen and oxygen atoms in total. The van der Waals surface area contributed by atoms with E-state index in [2.05, 4.69) is 46.3 Å². The van der Waals surface area contributed by atoms with E-state index >= 15 is 0 Å². The molecule has 2 aliphatic rings. The lowest BCUT2D eigenvalue weighted by atomic mass is 9.74. The van der Waals surface area contributed by atoms with E-state index in [1.807, 2.05) is 6.20 Å². The van der Waals surface area contributed by atoms with Gasteiger partial charge in [0.25, 0.3) is 0 Å². The number of fused-ring (bicyclic) bond motifs is 2. The summed E-state index contributed by atoms with van der Waals surface area (Å²) >= 11 is 1.50. The molecule has 0 bridgehead atoms. The minimum absolute atomic E-state index is 0.245. The van der Waals surface area contributed by atoms with Crippen molar-refractivity contribution in [1.29, 1.82) is 0 Å². The molecule has 1 aliphatic carbocycles. The molecule has 1 fully saturated rings. The van der Waals surface area contributed by atoms with Crippen LogP contribution in [0, 0.1) is 0 Å². The maximum absolute atomic E-state index is 10.7. The highest BCUT2D eigenvalue weighted by molar-refractivity contribution is 7.13. The number of allylic oxidation sites excluding steroid dienone is 1. The fourth-order valence-corrected chi connectivity index (χ4v) is 4.43. The van der Waals surface area contributed by atoms with E-state index in [1.54, 1.807) is 0 Å². The van der Waals surface area contributed by atoms with Crippen LogP contribution < -0.4 is 0 Å². The summed E-state index contributed by atoms with van der Waals surface area (Å²) in [5, 5.41) is 0.580. The lowest BCUT2D eigenvalue weighted by Crippen LogP contribution is -2.40. The zero-order valence-electron chi connectivity index (χ0n) is 12.4. The number of hydrogen-bond acceptors (Lipinski definition) is 4. The van der Waals surface area contributed by atoms with Crippen LogP contribution in [0.2, 0.25) is 0 Å². The van der Waals surface area contributed by atoms with Crippen molar-refractivity contribution in [3.63, 3.8) is 0 Å². The molecular weight excluding hydrogens is 292 g/mol. The number of aldehydes is 1. The molecule has 4 rings (SSSR count). The van der Waals surface area contributed by atoms with Gasteiger partial charge in [-0.2, -0.15) is 0 Å². The summed E-state index contributed by atoms with van der Waals surface area (Å²) in [6.07, 6.45) is 9.69. The molecule has 112 valence electrons. The Hall–Kier alpha value is -1.78. The van der Waals surface area contributed by atoms with Gasteiger partial charge in [-0.05, 0) is 37.1 Å². The molecule has 1 aromatic carbocycles. The van der Waals surface area contributed by atoms with Gasteiger partial charge in [0.2, 0.25) is 0 Å². The molecule has 0 radical (unpaired) electrons. The fourth-order valence-electron chi connectivity index (χ4n) is 3.65. The number of aromatic nitrogens is 1. The molecule has 0 atom stereocenters. The van der Waals surface area contributed by atoms with Gasteiger partial charge in [-0.25, -0.2) is 4.98 Å². The van der Waals surface area contributed by atoms with Gasteiger partial charge in [0, 0.05) is 23.0 Å². The summed E-state index contributed by atoms with van der Waals surface area (Å²) in [5.74, 6) is 0. The first kappa shape index (κ1) is 13.9. The Morgan fingerprint density at radius 2 is 2.09 bits per heavy atom. The van der Waals surface area contributed by atoms with Crippen molar-refractivity contribution in [3.8, 4) is 0 Å². The van der Waals surface area contributed by atoms with Crippen molar-refractivity contribution >= 4 is 23.7 Å². The number of hydrogen-bond donors (Lipinski definition) is 0. The summed E-state index contributed by atoms with van der Waals surface area (Å²) in [7, 11) is 0. The molecule has 0 N–H and O–H groups in total. The Morgan fingerprint density at radius 3 is 2.86 bits per heavy atom. The molecule has 2 aromatic rings. The topological polar surface area (TPSA) is 33.2 Å². The third kappa shape index (κ3) is 2.32. The summed E-state index contributed by atoms with van der Waals surface area (Å²) < 4.78 is 0. The molecule has 4 heteroatoms. The second-order valence-corrected chi connectivity index (χ2v) is 7.28. The quantitative estimate of drug-likeness (QED) is 0.813. The summed E-state index contributed by atoms with van der Waals surface area (Å²) in [5.41, 5.74) is 3.12. The van der Waals surface area contributed by atoms with E-state index in [0.29, 0.717) is 5.01 Å². The van der Waals surface area contributed by atoms with Crippen LogP contribution >= 0.6 is 11.3 Å². The molecule has 22 heavy (non-hydrogen) atoms. The van der Waals surface area contributed by atoms with Crippen LogP contribution in [0.5, 0.6) is 0 Å². The van der Waals surface area contributed by atoms with Crippen LogP contribution in [0.3, 0.4) is 0 Å². The minimum Gasteiger partial charge on any atom is -0.298 e. The number of carbonyl (C=O) groups is 1. The van der Waals surface area contributed by atoms with E-state index in [1.165, 1.54) is 40.2 Å². The molecule has 2 heterocycles. The van der Waals surface area contributed by atoms with Gasteiger partial charge in [-0.15, -0.1) is 11.3 Å². The van der Waals surface area contributed by atoms with Crippen LogP contribution in [0.4, 0.5) is 0 Å². The molecule has 1 spiro atoms. The SMILES string of the molecule is O=Cc1ncc(CN2CCC3(C=Cc4ccccc43)CC2)s1. The van der Waals surface area contributed by atoms with Crippen LogP contribution in [-0.2, 0) is 12.0 Å². The minimum atomic E-state index is 0.245. The van der Waals surface area contributed by atoms with E-state index < -0.39 is 0 Å². The first-order chi connectivity index (χ1) is 10.8. The Bertz CT molecular complexity index is 726. The van der Waals surface area contributed by atoms with Crippen LogP contribution in [0.25, 0.3) is 6.08 Å². The fraction of sp³-hybridized carbons (Fsp3) is 0.333. The zero-order chi connectivity index (χ0) is 15.0. The summed E-state index contributed by atoms with van der Waals surface area (Å²) in [6, 6.07) is 8.76. The van der Waals surface area contributed by atoms with Crippen molar-refractivity contribution < 1.29 is 4.79 Å². The van der Waals surface area contributed by atoms with Gasteiger partial charge < -0.3 is 0 Å². The predicted molar refractivity (Wildman–Crippen MR) is 89.2 cm³/mol. The summed E-state index contributed by atoms with van der Waals surface area (Å²) in [4.78, 5) is 18.5. The zero-order valence-corrected chi connectivity index (χ0v) is 13.2. The highest BCUT2D eigenvalue weighted by Gasteiger charge is 2.37. The highest BCUT2D eigenvalue weighted by atomic mass is 32.1. The van der Waals surface area contributed by atoms with E-state index in [-0.39, 0.29) is 5.41 Å². The number of nitrogens with zero attached hydrogens (tertiary/aromatic N) is 2. The number of likely N-dealkylation sites (tertiary alicyclic amines) is 1. The largest absolute Gasteiger partial charge is 0.298 e. The third-order valence-electron chi connectivity index (χ3n) is 4.88. The van der Waals surface area contributed by atoms with Crippen LogP contribution in [0.15, 0.2) is 36.5 Å². The van der Waals surface area contributed by atoms with Gasteiger partial charge in [0.15, 0.2) is 11.3 Å². The first-order valence-corrected chi connectivity index (χ1v) is 8.52. The number of piperidine rings is 1. The van der Waals surface area contributed by atoms with Crippen molar-refractivity contribution in [3.05, 3.63) is 57.6 Å². The van der Waals surface area contributed by atoms with E-state index in [0.717, 1.165) is 25.9 Å². The van der Waals surface area contributed by atoms with Crippen LogP contribution in [0.1, 0.15) is 38.6 Å². The number of carbonyl (C=O) groups excluding carboxylic acids is 1. The average molecular weight is 310 g/mol.